The molecule has 1 aromatic rings. The van der Waals surface area contributed by atoms with Gasteiger partial charge in [-0.15, -0.1) is 0 Å². The number of nitrogens with two attached hydrogens (primary N) is 1. The van der Waals surface area contributed by atoms with E-state index in [0.717, 1.165) is 0 Å². The lowest BCUT2D eigenvalue weighted by Crippen LogP contribution is -2.04. The van der Waals surface area contributed by atoms with Crippen LogP contribution < -0.4 is 5.73 Å². The van der Waals surface area contributed by atoms with E-state index in [0.29, 0.717) is 21.3 Å². The number of nitriles is 1. The normalized spacial score (nSPS) is 9.43. The summed E-state index contributed by atoms with van der Waals surface area (Å²) in [5, 5.41) is 17.4. The number of benzene rings is 1. The lowest BCUT2D eigenvalue weighted by Gasteiger charge is -2.05. The minimum Gasteiger partial charge on any atom is -0.481 e. The van der Waals surface area contributed by atoms with Gasteiger partial charge in [0.2, 0.25) is 0 Å². The molecule has 0 aromatic heterocycles. The van der Waals surface area contributed by atoms with Gasteiger partial charge in [-0.3, -0.25) is 4.79 Å². The number of hydrogen-bond acceptors (Lipinski definition) is 3. The first kappa shape index (κ1) is 10.5. The second-order valence-corrected chi connectivity index (χ2v) is 3.57. The Bertz CT molecular complexity index is 424. The quantitative estimate of drug-likeness (QED) is 0.784. The van der Waals surface area contributed by atoms with E-state index in [4.69, 9.17) is 16.1 Å². The van der Waals surface area contributed by atoms with Gasteiger partial charge in [-0.1, -0.05) is 15.9 Å². The van der Waals surface area contributed by atoms with Crippen LogP contribution in [0.3, 0.4) is 0 Å². The van der Waals surface area contributed by atoms with E-state index >= 15 is 0 Å². The molecule has 1 aromatic carbocycles. The topological polar surface area (TPSA) is 87.1 Å². The number of anilines is 1. The Kier molecular flexibility index (Phi) is 3.10. The number of carboxylic acids is 1. The molecule has 0 saturated carbocycles. The smallest absolute Gasteiger partial charge is 0.307 e. The highest BCUT2D eigenvalue weighted by Gasteiger charge is 2.11. The highest BCUT2D eigenvalue weighted by atomic mass is 79.9. The van der Waals surface area contributed by atoms with Crippen LogP contribution in [-0.4, -0.2) is 11.1 Å². The van der Waals surface area contributed by atoms with Gasteiger partial charge in [0.25, 0.3) is 0 Å². The maximum absolute atomic E-state index is 10.5. The Morgan fingerprint density at radius 1 is 1.64 bits per heavy atom. The highest BCUT2D eigenvalue weighted by molar-refractivity contribution is 9.10. The molecule has 4 nitrogen and oxygen atoms in total. The van der Waals surface area contributed by atoms with Crippen LogP contribution in [0.25, 0.3) is 0 Å². The van der Waals surface area contributed by atoms with Gasteiger partial charge in [0.1, 0.15) is 0 Å². The molecule has 0 amide bonds. The van der Waals surface area contributed by atoms with Crippen molar-refractivity contribution in [2.24, 2.45) is 0 Å². The van der Waals surface area contributed by atoms with E-state index in [1.807, 2.05) is 6.07 Å². The molecule has 0 radical (unpaired) electrons. The molecule has 14 heavy (non-hydrogen) atoms. The van der Waals surface area contributed by atoms with E-state index in [2.05, 4.69) is 15.9 Å². The molecule has 0 heterocycles. The number of rotatable bonds is 2. The maximum atomic E-state index is 10.5. The summed E-state index contributed by atoms with van der Waals surface area (Å²) in [5.41, 5.74) is 6.68. The average Bonchev–Trinajstić information content (AvgIpc) is 2.08. The first-order valence-corrected chi connectivity index (χ1v) is 4.53. The lowest BCUT2D eigenvalue weighted by molar-refractivity contribution is -0.136. The molecule has 0 unspecified atom stereocenters. The molecule has 1 rings (SSSR count). The summed E-state index contributed by atoms with van der Waals surface area (Å²) in [6.07, 6.45) is -0.191. The van der Waals surface area contributed by atoms with Crippen molar-refractivity contribution in [1.29, 1.82) is 5.26 Å². The molecular weight excluding hydrogens is 248 g/mol. The summed E-state index contributed by atoms with van der Waals surface area (Å²) in [6, 6.07) is 4.95. The molecule has 0 aliphatic carbocycles. The van der Waals surface area contributed by atoms with Crippen molar-refractivity contribution in [3.05, 3.63) is 27.7 Å². The van der Waals surface area contributed by atoms with E-state index in [9.17, 15) is 4.79 Å². The third-order valence-electron chi connectivity index (χ3n) is 1.67. The van der Waals surface area contributed by atoms with E-state index < -0.39 is 5.97 Å². The monoisotopic (exact) mass is 254 g/mol. The lowest BCUT2D eigenvalue weighted by atomic mass is 10.0. The second-order valence-electron chi connectivity index (χ2n) is 2.71. The second kappa shape index (κ2) is 4.11. The average molecular weight is 255 g/mol. The van der Waals surface area contributed by atoms with Gasteiger partial charge in [-0.05, 0) is 17.7 Å². The molecule has 5 heteroatoms. The maximum Gasteiger partial charge on any atom is 0.307 e. The molecular formula is C9H7BrN2O2. The van der Waals surface area contributed by atoms with Crippen molar-refractivity contribution in [3.8, 4) is 6.07 Å². The van der Waals surface area contributed by atoms with Gasteiger partial charge in [0.05, 0.1) is 18.1 Å². The molecule has 0 saturated heterocycles. The Hall–Kier alpha value is -1.54. The van der Waals surface area contributed by atoms with Crippen LogP contribution in [0, 0.1) is 11.3 Å². The van der Waals surface area contributed by atoms with Crippen molar-refractivity contribution in [2.45, 2.75) is 6.42 Å². The first-order chi connectivity index (χ1) is 6.54. The molecule has 0 spiro atoms. The zero-order chi connectivity index (χ0) is 10.7. The molecule has 0 atom stereocenters. The number of carboxylic acid groups (broad SMARTS) is 1. The predicted molar refractivity (Wildman–Crippen MR) is 54.6 cm³/mol. The Morgan fingerprint density at radius 2 is 2.29 bits per heavy atom. The van der Waals surface area contributed by atoms with Crippen molar-refractivity contribution < 1.29 is 9.90 Å². The minimum absolute atomic E-state index is 0.191. The Labute approximate surface area is 89.1 Å². The standard InChI is InChI=1S/C9H7BrN2O2/c10-8-2-6(12)1-5(4-11)7(8)3-9(13)14/h1-2H,3,12H2,(H,13,14). The van der Waals surface area contributed by atoms with Gasteiger partial charge in [0, 0.05) is 10.2 Å². The summed E-state index contributed by atoms with van der Waals surface area (Å²) >= 11 is 3.17. The summed E-state index contributed by atoms with van der Waals surface area (Å²) in [5.74, 6) is -0.980. The first-order valence-electron chi connectivity index (χ1n) is 3.74. The van der Waals surface area contributed by atoms with Gasteiger partial charge >= 0.3 is 5.97 Å². The van der Waals surface area contributed by atoms with Crippen LogP contribution in [0.1, 0.15) is 11.1 Å². The van der Waals surface area contributed by atoms with Crippen LogP contribution in [-0.2, 0) is 11.2 Å². The van der Waals surface area contributed by atoms with Crippen LogP contribution in [0.2, 0.25) is 0 Å². The van der Waals surface area contributed by atoms with Gasteiger partial charge in [-0.25, -0.2) is 0 Å². The van der Waals surface area contributed by atoms with Crippen LogP contribution in [0.15, 0.2) is 16.6 Å². The summed E-state index contributed by atoms with van der Waals surface area (Å²) in [6.45, 7) is 0. The van der Waals surface area contributed by atoms with E-state index in [-0.39, 0.29) is 6.42 Å². The molecule has 72 valence electrons. The number of hydrogen-bond donors (Lipinski definition) is 2. The summed E-state index contributed by atoms with van der Waals surface area (Å²) < 4.78 is 0.552. The summed E-state index contributed by atoms with van der Waals surface area (Å²) in [4.78, 5) is 10.5. The molecule has 3 N–H and O–H groups in total. The summed E-state index contributed by atoms with van der Waals surface area (Å²) in [7, 11) is 0. The van der Waals surface area contributed by atoms with Gasteiger partial charge < -0.3 is 10.8 Å². The van der Waals surface area contributed by atoms with Crippen molar-refractivity contribution in [2.75, 3.05) is 5.73 Å². The van der Waals surface area contributed by atoms with E-state index in [1.165, 1.54) is 6.07 Å². The predicted octanol–water partition coefficient (Wildman–Crippen LogP) is 1.53. The third-order valence-corrected chi connectivity index (χ3v) is 2.37. The number of halogens is 1. The number of aliphatic carboxylic acids is 1. The zero-order valence-electron chi connectivity index (χ0n) is 7.12. The fraction of sp³-hybridized carbons (Fsp3) is 0.111. The van der Waals surface area contributed by atoms with E-state index in [1.54, 1.807) is 6.07 Å². The third kappa shape index (κ3) is 2.24. The SMILES string of the molecule is N#Cc1cc(N)cc(Br)c1CC(=O)O. The highest BCUT2D eigenvalue weighted by Crippen LogP contribution is 2.24. The molecule has 0 fully saturated rings. The molecule has 0 aliphatic heterocycles. The van der Waals surface area contributed by atoms with Crippen molar-refractivity contribution in [1.82, 2.24) is 0 Å². The van der Waals surface area contributed by atoms with Gasteiger partial charge in [-0.2, -0.15) is 5.26 Å². The zero-order valence-corrected chi connectivity index (χ0v) is 8.71. The van der Waals surface area contributed by atoms with Crippen molar-refractivity contribution >= 4 is 27.6 Å². The van der Waals surface area contributed by atoms with Crippen LogP contribution >= 0.6 is 15.9 Å². The molecule has 0 aliphatic rings. The number of nitrogens with zero attached hydrogens (tertiary/aromatic N) is 1. The largest absolute Gasteiger partial charge is 0.481 e. The van der Waals surface area contributed by atoms with Crippen LogP contribution in [0.5, 0.6) is 0 Å². The molecule has 0 bridgehead atoms. The Morgan fingerprint density at radius 3 is 2.79 bits per heavy atom. The number of nitrogen functional groups attached to an aromatic ring is 1. The number of carbonyl (C=O) groups is 1. The van der Waals surface area contributed by atoms with Crippen molar-refractivity contribution in [3.63, 3.8) is 0 Å². The fourth-order valence-corrected chi connectivity index (χ4v) is 1.71. The fourth-order valence-electron chi connectivity index (χ4n) is 1.09. The van der Waals surface area contributed by atoms with Gasteiger partial charge in [0.15, 0.2) is 0 Å². The Balaban J connectivity index is 3.27. The van der Waals surface area contributed by atoms with Crippen LogP contribution in [0.4, 0.5) is 5.69 Å². The minimum atomic E-state index is -0.980.